The molecule has 5 atom stereocenters. The van der Waals surface area contributed by atoms with Crippen LogP contribution < -0.4 is 16.4 Å². The lowest BCUT2D eigenvalue weighted by atomic mass is 9.92. The third-order valence-corrected chi connectivity index (χ3v) is 4.43. The first-order valence-corrected chi connectivity index (χ1v) is 6.89. The van der Waals surface area contributed by atoms with Crippen molar-refractivity contribution in [1.29, 1.82) is 0 Å². The molecule has 0 bridgehead atoms. The van der Waals surface area contributed by atoms with Crippen LogP contribution in [0, 0.1) is 11.8 Å². The minimum Gasteiger partial charge on any atom is -0.481 e. The number of amides is 3. The maximum atomic E-state index is 11.7. The maximum absolute atomic E-state index is 11.7. The van der Waals surface area contributed by atoms with E-state index in [0.717, 1.165) is 0 Å². The first kappa shape index (κ1) is 15.2. The van der Waals surface area contributed by atoms with Crippen molar-refractivity contribution >= 4 is 30.2 Å². The number of carbonyl (C=O) groups excluding carboxylic acids is 2. The van der Waals surface area contributed by atoms with Crippen molar-refractivity contribution in [2.45, 2.75) is 24.2 Å². The molecule has 0 radical (unpaired) electrons. The molecule has 0 aromatic heterocycles. The summed E-state index contributed by atoms with van der Waals surface area (Å²) in [6.45, 7) is -0.269. The maximum Gasteiger partial charge on any atom is 0.325 e. The molecule has 1 saturated carbocycles. The van der Waals surface area contributed by atoms with Gasteiger partial charge in [0.05, 0.1) is 12.3 Å². The van der Waals surface area contributed by atoms with Gasteiger partial charge < -0.3 is 26.2 Å². The number of aliphatic imine (C=N–C) groups is 1. The number of aliphatic carboxylic acids is 2. The average molecular weight is 325 g/mol. The summed E-state index contributed by atoms with van der Waals surface area (Å²) in [4.78, 5) is 51.0. The monoisotopic (exact) mass is 325 g/mol. The molecule has 124 valence electrons. The number of nitrogens with zero attached hydrogens (tertiary/aromatic N) is 2. The molecule has 2 fully saturated rings. The van der Waals surface area contributed by atoms with Crippen molar-refractivity contribution < 1.29 is 29.4 Å². The highest BCUT2D eigenvalue weighted by Gasteiger charge is 2.60. The Bertz CT molecular complexity index is 635. The van der Waals surface area contributed by atoms with E-state index in [4.69, 9.17) is 10.8 Å². The topological polar surface area (TPSA) is 174 Å². The molecule has 3 rings (SSSR count). The fourth-order valence-electron chi connectivity index (χ4n) is 3.04. The molecular weight excluding hydrogens is 310 g/mol. The number of hydrogen-bond acceptors (Lipinski definition) is 7. The van der Waals surface area contributed by atoms with Gasteiger partial charge in [-0.1, -0.05) is 0 Å². The molecule has 0 aromatic carbocycles. The SMILES string of the molecule is N[C@@](CN1C=NC2C(=O)NC(=O)NC21)(C(=O)O)[C@H]1C[C@@H]1C(=O)O. The minimum atomic E-state index is -1.82. The van der Waals surface area contributed by atoms with Gasteiger partial charge in [-0.2, -0.15) is 0 Å². The van der Waals surface area contributed by atoms with Crippen LogP contribution in [-0.4, -0.2) is 69.6 Å². The Morgan fingerprint density at radius 2 is 2.13 bits per heavy atom. The molecule has 1 saturated heterocycles. The van der Waals surface area contributed by atoms with Crippen molar-refractivity contribution in [2.24, 2.45) is 22.6 Å². The zero-order valence-corrected chi connectivity index (χ0v) is 11.8. The molecule has 23 heavy (non-hydrogen) atoms. The van der Waals surface area contributed by atoms with Gasteiger partial charge in [-0.25, -0.2) is 4.79 Å². The van der Waals surface area contributed by atoms with Gasteiger partial charge in [0.15, 0.2) is 6.04 Å². The number of fused-ring (bicyclic) bond motifs is 1. The summed E-state index contributed by atoms with van der Waals surface area (Å²) in [5.41, 5.74) is 4.15. The second-order valence-corrected chi connectivity index (χ2v) is 5.92. The van der Waals surface area contributed by atoms with Gasteiger partial charge >= 0.3 is 18.0 Å². The van der Waals surface area contributed by atoms with Crippen LogP contribution >= 0.6 is 0 Å². The number of nitrogens with one attached hydrogen (secondary N) is 2. The van der Waals surface area contributed by atoms with Crippen molar-refractivity contribution in [3.63, 3.8) is 0 Å². The predicted octanol–water partition coefficient (Wildman–Crippen LogP) is -2.63. The van der Waals surface area contributed by atoms with Crippen LogP contribution in [0.5, 0.6) is 0 Å². The van der Waals surface area contributed by atoms with Gasteiger partial charge in [-0.05, 0) is 6.42 Å². The molecule has 3 aliphatic rings. The fraction of sp³-hybridized carbons (Fsp3) is 0.583. The van der Waals surface area contributed by atoms with Crippen LogP contribution in [-0.2, 0) is 14.4 Å². The van der Waals surface area contributed by atoms with E-state index in [1.807, 2.05) is 0 Å². The Morgan fingerprint density at radius 3 is 2.70 bits per heavy atom. The van der Waals surface area contributed by atoms with Crippen LogP contribution in [0.25, 0.3) is 0 Å². The highest BCUT2D eigenvalue weighted by molar-refractivity contribution is 6.01. The van der Waals surface area contributed by atoms with Gasteiger partial charge in [0, 0.05) is 12.5 Å². The van der Waals surface area contributed by atoms with E-state index in [-0.39, 0.29) is 13.0 Å². The van der Waals surface area contributed by atoms with Crippen LogP contribution in [0.15, 0.2) is 4.99 Å². The largest absolute Gasteiger partial charge is 0.481 e. The Hall–Kier alpha value is -2.69. The van der Waals surface area contributed by atoms with Crippen LogP contribution in [0.4, 0.5) is 4.79 Å². The predicted molar refractivity (Wildman–Crippen MR) is 73.2 cm³/mol. The number of carboxylic acid groups (broad SMARTS) is 2. The lowest BCUT2D eigenvalue weighted by Gasteiger charge is -2.36. The second-order valence-electron chi connectivity index (χ2n) is 5.92. The minimum absolute atomic E-state index is 0.171. The molecule has 2 aliphatic heterocycles. The number of urea groups is 1. The highest BCUT2D eigenvalue weighted by Crippen LogP contribution is 2.46. The smallest absolute Gasteiger partial charge is 0.325 e. The molecule has 2 unspecified atom stereocenters. The van der Waals surface area contributed by atoms with Gasteiger partial charge in [-0.3, -0.25) is 24.7 Å². The van der Waals surface area contributed by atoms with Crippen molar-refractivity contribution in [1.82, 2.24) is 15.5 Å². The molecule has 11 nitrogen and oxygen atoms in total. The normalized spacial score (nSPS) is 34.2. The van der Waals surface area contributed by atoms with E-state index in [9.17, 15) is 24.3 Å². The van der Waals surface area contributed by atoms with Gasteiger partial charge in [0.1, 0.15) is 11.7 Å². The van der Waals surface area contributed by atoms with Crippen molar-refractivity contribution in [3.8, 4) is 0 Å². The Kier molecular flexibility index (Phi) is 3.25. The number of rotatable bonds is 5. The quantitative estimate of drug-likeness (QED) is 0.364. The number of carboxylic acids is 2. The van der Waals surface area contributed by atoms with Crippen molar-refractivity contribution in [2.75, 3.05) is 6.54 Å². The third kappa shape index (κ3) is 2.38. The second kappa shape index (κ2) is 4.91. The zero-order valence-electron chi connectivity index (χ0n) is 11.8. The van der Waals surface area contributed by atoms with E-state index in [2.05, 4.69) is 15.6 Å². The van der Waals surface area contributed by atoms with E-state index >= 15 is 0 Å². The van der Waals surface area contributed by atoms with Crippen molar-refractivity contribution in [3.05, 3.63) is 0 Å². The van der Waals surface area contributed by atoms with Gasteiger partial charge in [0.25, 0.3) is 5.91 Å². The molecule has 2 heterocycles. The molecule has 11 heteroatoms. The molecule has 1 aliphatic carbocycles. The van der Waals surface area contributed by atoms with E-state index < -0.39 is 53.5 Å². The van der Waals surface area contributed by atoms with E-state index in [1.165, 1.54) is 11.2 Å². The molecular formula is C12H15N5O6. The summed E-state index contributed by atoms with van der Waals surface area (Å²) < 4.78 is 0. The van der Waals surface area contributed by atoms with Gasteiger partial charge in [0.2, 0.25) is 0 Å². The summed E-state index contributed by atoms with van der Waals surface area (Å²) in [7, 11) is 0. The summed E-state index contributed by atoms with van der Waals surface area (Å²) >= 11 is 0. The number of imide groups is 1. The molecule has 0 spiro atoms. The van der Waals surface area contributed by atoms with E-state index in [0.29, 0.717) is 0 Å². The fourth-order valence-corrected chi connectivity index (χ4v) is 3.04. The Morgan fingerprint density at radius 1 is 1.43 bits per heavy atom. The Labute approximate surface area is 129 Å². The molecule has 3 amide bonds. The standard InChI is InChI=1S/C12H15N5O6/c13-12(10(21)22,5-1-4(5)9(19)20)2-17-3-14-6-7(17)15-11(23)16-8(6)18/h3-7H,1-2,13H2,(H,19,20)(H,21,22)(H2,15,16,18,23)/t4-,5-,6?,7?,12+/m0/s1. The first-order valence-electron chi connectivity index (χ1n) is 6.89. The number of hydrogen-bond donors (Lipinski definition) is 5. The zero-order chi connectivity index (χ0) is 16.9. The molecule has 0 aromatic rings. The number of nitrogens with two attached hydrogens (primary N) is 1. The lowest BCUT2D eigenvalue weighted by molar-refractivity contribution is -0.145. The number of carbonyl (C=O) groups is 4. The first-order chi connectivity index (χ1) is 10.7. The van der Waals surface area contributed by atoms with E-state index in [1.54, 1.807) is 0 Å². The summed E-state index contributed by atoms with van der Waals surface area (Å²) in [5, 5.41) is 23.0. The van der Waals surface area contributed by atoms with Crippen LogP contribution in [0.1, 0.15) is 6.42 Å². The van der Waals surface area contributed by atoms with Gasteiger partial charge in [-0.15, -0.1) is 0 Å². The Balaban J connectivity index is 1.78. The summed E-state index contributed by atoms with van der Waals surface area (Å²) in [6, 6.07) is -1.60. The average Bonchev–Trinajstić information content (AvgIpc) is 3.17. The summed E-state index contributed by atoms with van der Waals surface area (Å²) in [5.74, 6) is -4.56. The van der Waals surface area contributed by atoms with Crippen LogP contribution in [0.3, 0.4) is 0 Å². The summed E-state index contributed by atoms with van der Waals surface area (Å²) in [6.07, 6.45) is 0.591. The third-order valence-electron chi connectivity index (χ3n) is 4.43. The molecule has 6 N–H and O–H groups in total. The lowest BCUT2D eigenvalue weighted by Crippen LogP contribution is -2.67. The van der Waals surface area contributed by atoms with Crippen LogP contribution in [0.2, 0.25) is 0 Å². The highest BCUT2D eigenvalue weighted by atomic mass is 16.4.